The number of ketones is 1. The highest BCUT2D eigenvalue weighted by atomic mass is 16.7. The van der Waals surface area contributed by atoms with Crippen molar-refractivity contribution >= 4 is 91.1 Å². The number of aromatic nitrogens is 4. The van der Waals surface area contributed by atoms with Crippen LogP contribution < -0.4 is 20.7 Å². The fourth-order valence-corrected chi connectivity index (χ4v) is 11.0. The maximum absolute atomic E-state index is 14.1. The van der Waals surface area contributed by atoms with Gasteiger partial charge in [0.25, 0.3) is 23.6 Å². The number of aliphatic carboxylic acids is 1. The summed E-state index contributed by atoms with van der Waals surface area (Å²) in [5.41, 5.74) is 8.58. The smallest absolute Gasteiger partial charge is 0.335 e. The van der Waals surface area contributed by atoms with Gasteiger partial charge in [-0.2, -0.15) is 0 Å². The Balaban J connectivity index is 0.886. The molecule has 0 saturated carbocycles. The summed E-state index contributed by atoms with van der Waals surface area (Å²) in [6.45, 7) is 7.26. The molecule has 23 nitrogen and oxygen atoms in total. The number of quaternary nitrogens is 1. The second-order valence-electron chi connectivity index (χ2n) is 22.7. The number of amides is 5. The second kappa shape index (κ2) is 28.2. The van der Waals surface area contributed by atoms with E-state index in [1.165, 1.54) is 18.2 Å². The molecular weight excluding hydrogens is 1120 g/mol. The van der Waals surface area contributed by atoms with E-state index in [-0.39, 0.29) is 79.6 Å². The van der Waals surface area contributed by atoms with Crippen LogP contribution in [0, 0.1) is 13.8 Å². The predicted octanol–water partition coefficient (Wildman–Crippen LogP) is 5.06. The number of carbonyl (C=O) groups is 7. The van der Waals surface area contributed by atoms with Gasteiger partial charge in [0, 0.05) is 69.6 Å². The van der Waals surface area contributed by atoms with Gasteiger partial charge in [0.1, 0.15) is 47.4 Å². The molecule has 0 radical (unpaired) electrons. The number of carboxylic acids is 1. The van der Waals surface area contributed by atoms with E-state index in [4.69, 9.17) is 29.4 Å². The molecule has 0 spiro atoms. The van der Waals surface area contributed by atoms with Gasteiger partial charge in [-0.1, -0.05) is 42.8 Å². The number of fused-ring (bicyclic) bond motifs is 4. The molecule has 2 aliphatic heterocycles. The van der Waals surface area contributed by atoms with Gasteiger partial charge in [-0.25, -0.2) is 24.7 Å². The normalized spacial score (nSPS) is 18.4. The number of rotatable bonds is 28. The molecule has 1 saturated heterocycles. The number of anilines is 1. The highest BCUT2D eigenvalue weighted by Gasteiger charge is 2.48. The second-order valence-corrected chi connectivity index (χ2v) is 22.7. The molecule has 87 heavy (non-hydrogen) atoms. The quantitative estimate of drug-likeness (QED) is 0.0146. The van der Waals surface area contributed by atoms with Crippen LogP contribution >= 0.6 is 0 Å². The summed E-state index contributed by atoms with van der Waals surface area (Å²) in [4.78, 5) is 113. The van der Waals surface area contributed by atoms with E-state index in [1.807, 2.05) is 76.5 Å². The molecule has 7 N–H and O–H groups in total. The van der Waals surface area contributed by atoms with E-state index in [2.05, 4.69) is 20.9 Å². The number of likely N-dealkylation sites (N-methyl/N-ethyl adjacent to an activating group) is 2. The van der Waals surface area contributed by atoms with Crippen LogP contribution in [0.5, 0.6) is 5.75 Å². The number of hydrogen-bond acceptors (Lipinski definition) is 17. The highest BCUT2D eigenvalue weighted by molar-refractivity contribution is 6.13. The van der Waals surface area contributed by atoms with Crippen molar-refractivity contribution in [3.8, 4) is 5.75 Å². The predicted molar refractivity (Wildman–Crippen MR) is 323 cm³/mol. The first kappa shape index (κ1) is 62.8. The van der Waals surface area contributed by atoms with Crippen molar-refractivity contribution in [3.63, 3.8) is 0 Å². The number of carboxylic acid groups (broad SMARTS) is 1. The lowest BCUT2D eigenvalue weighted by atomic mass is 9.99. The maximum atomic E-state index is 14.1. The topological polar surface area (TPSA) is 313 Å². The molecule has 9 rings (SSSR count). The number of nitrogens with one attached hydrogen (secondary N) is 3. The minimum atomic E-state index is -1.97. The first-order valence-corrected chi connectivity index (χ1v) is 29.2. The van der Waals surface area contributed by atoms with Crippen molar-refractivity contribution in [2.24, 2.45) is 0 Å². The van der Waals surface area contributed by atoms with Gasteiger partial charge in [-0.05, 0) is 106 Å². The molecule has 4 heterocycles. The summed E-state index contributed by atoms with van der Waals surface area (Å²) in [5.74, 6) is -3.51. The van der Waals surface area contributed by atoms with Crippen molar-refractivity contribution in [3.05, 3.63) is 131 Å². The lowest BCUT2D eigenvalue weighted by molar-refractivity contribution is -0.921. The molecule has 0 bridgehead atoms. The Labute approximate surface area is 502 Å². The molecule has 6 atom stereocenters. The van der Waals surface area contributed by atoms with Gasteiger partial charge in [0.15, 0.2) is 6.10 Å². The van der Waals surface area contributed by atoms with E-state index in [9.17, 15) is 54.0 Å². The molecule has 1 unspecified atom stereocenters. The number of carbonyl (C=O) groups excluding carboxylic acids is 6. The first-order valence-electron chi connectivity index (χ1n) is 29.2. The molecule has 23 heteroatoms. The van der Waals surface area contributed by atoms with E-state index in [1.54, 1.807) is 36.4 Å². The number of hydrogen-bond donors (Lipinski definition) is 7. The van der Waals surface area contributed by atoms with E-state index in [0.717, 1.165) is 32.6 Å². The first-order chi connectivity index (χ1) is 41.7. The van der Waals surface area contributed by atoms with Crippen molar-refractivity contribution in [2.75, 3.05) is 65.2 Å². The highest BCUT2D eigenvalue weighted by Crippen LogP contribution is 2.33. The van der Waals surface area contributed by atoms with E-state index in [0.29, 0.717) is 114 Å². The summed E-state index contributed by atoms with van der Waals surface area (Å²) in [7, 11) is 4.01. The Morgan fingerprint density at radius 1 is 0.644 bits per heavy atom. The average Bonchev–Trinajstić information content (AvgIpc) is 1.66. The van der Waals surface area contributed by atoms with Crippen LogP contribution in [0.15, 0.2) is 103 Å². The summed E-state index contributed by atoms with van der Waals surface area (Å²) < 4.78 is 11.8. The van der Waals surface area contributed by atoms with Crippen LogP contribution in [-0.4, -0.2) is 187 Å². The van der Waals surface area contributed by atoms with E-state index < -0.39 is 42.6 Å². The molecular formula is C64H73N10O13+. The molecule has 1 fully saturated rings. The van der Waals surface area contributed by atoms with Crippen molar-refractivity contribution in [1.82, 2.24) is 40.4 Å². The minimum Gasteiger partial charge on any atom is -0.479 e. The summed E-state index contributed by atoms with van der Waals surface area (Å²) in [5, 5.41) is 50.7. The standard InChI is InChI=1S/C64H72N10O13/c1-38-14-8-20-44-53(38)70-55-42(18-11-22-46(55)67-44)61(82)65-29-33-72(3)31-13-34-74(4,35-30-66-62(83)43-19-12-23-47-56(43)71-54-39(2)15-9-21-45(54)68-47)37-40-25-26-49(86-64-59(81)57(79)58(80)60(87-64)63(84)85)48(36-40)69-50(76)24-10-17-41(75)16-6-5-7-32-73-51(77)27-28-52(73)78/h8-9,11-12,14-15,18-23,25-28,36,57-60,64,79-81H,5-7,10,13,16-17,24,29-35,37H2,1-4H3,(H3-,65,66,69,76,82,83,84,85)/p+1/t57-,58-,59+,60-,64+,74?/m0/s1. The van der Waals surface area contributed by atoms with Crippen LogP contribution in [0.25, 0.3) is 44.1 Å². The number of unbranched alkanes of at least 4 members (excludes halogenated alkanes) is 2. The molecule has 2 aromatic heterocycles. The maximum Gasteiger partial charge on any atom is 0.335 e. The Morgan fingerprint density at radius 2 is 1.22 bits per heavy atom. The number of aliphatic hydroxyl groups is 3. The fraction of sp³-hybridized carbons (Fsp3) is 0.391. The Kier molecular flexibility index (Phi) is 20.4. The molecule has 0 aliphatic carbocycles. The largest absolute Gasteiger partial charge is 0.479 e. The number of aliphatic hydroxyl groups excluding tert-OH is 3. The lowest BCUT2D eigenvalue weighted by Gasteiger charge is -2.38. The Bertz CT molecular complexity index is 3770. The molecule has 456 valence electrons. The zero-order valence-electron chi connectivity index (χ0n) is 49.1. The van der Waals surface area contributed by atoms with Crippen molar-refractivity contribution in [1.29, 1.82) is 0 Å². The Hall–Kier alpha value is -8.71. The number of aryl methyl sites for hydroxylation is 2. The van der Waals surface area contributed by atoms with Crippen molar-refractivity contribution in [2.45, 2.75) is 102 Å². The zero-order valence-corrected chi connectivity index (χ0v) is 49.1. The summed E-state index contributed by atoms with van der Waals surface area (Å²) >= 11 is 0. The van der Waals surface area contributed by atoms with Gasteiger partial charge in [0.2, 0.25) is 12.2 Å². The van der Waals surface area contributed by atoms with Gasteiger partial charge in [-0.15, -0.1) is 0 Å². The monoisotopic (exact) mass is 1190 g/mol. The van der Waals surface area contributed by atoms with Crippen LogP contribution in [0.3, 0.4) is 0 Å². The fourth-order valence-electron chi connectivity index (χ4n) is 11.0. The van der Waals surface area contributed by atoms with Gasteiger partial charge >= 0.3 is 5.97 Å². The third-order valence-corrected chi connectivity index (χ3v) is 15.9. The van der Waals surface area contributed by atoms with Crippen molar-refractivity contribution < 1.29 is 67.9 Å². The zero-order chi connectivity index (χ0) is 61.9. The third kappa shape index (κ3) is 15.5. The van der Waals surface area contributed by atoms with Gasteiger partial charge < -0.3 is 55.2 Å². The van der Waals surface area contributed by atoms with Crippen LogP contribution in [0.2, 0.25) is 0 Å². The molecule has 5 amide bonds. The molecule has 5 aromatic carbocycles. The van der Waals surface area contributed by atoms with Gasteiger partial charge in [0.05, 0.1) is 76.6 Å². The van der Waals surface area contributed by atoms with Crippen LogP contribution in [-0.2, 0) is 35.3 Å². The SMILES string of the molecule is Cc1cccc2nc3cccc(C(=O)NCCN(C)CCC[N+](C)(CCNC(=O)c4cccc5nc6cccc(C)c6nc45)Cc4ccc(O[C@@H]5O[C@H](C(=O)O)[C@@H](O)[C@H](O)[C@H]5O)c(NC(=O)CCCC(=O)CCCCCN5C(=O)C=CC5=O)c4)c3nc12. The molecule has 7 aromatic rings. The number of ether oxygens (including phenoxy) is 2. The van der Waals surface area contributed by atoms with Crippen LogP contribution in [0.4, 0.5) is 5.69 Å². The summed E-state index contributed by atoms with van der Waals surface area (Å²) in [6.07, 6.45) is -4.23. The third-order valence-electron chi connectivity index (χ3n) is 15.9. The number of nitrogens with zero attached hydrogens (tertiary/aromatic N) is 7. The number of Topliss-reactive ketones (excluding diaryl/α,β-unsaturated/α-hetero) is 1. The summed E-state index contributed by atoms with van der Waals surface area (Å²) in [6, 6.07) is 27.1. The van der Waals surface area contributed by atoms with Crippen LogP contribution in [0.1, 0.15) is 88.8 Å². The number of para-hydroxylation sites is 4. The average molecular weight is 1190 g/mol. The number of benzene rings is 5. The lowest BCUT2D eigenvalue weighted by Crippen LogP contribution is -2.61. The van der Waals surface area contributed by atoms with E-state index >= 15 is 0 Å². The Morgan fingerprint density at radius 3 is 1.83 bits per heavy atom. The molecule has 2 aliphatic rings. The minimum absolute atomic E-state index is 0.0543. The van der Waals surface area contributed by atoms with Gasteiger partial charge in [-0.3, -0.25) is 33.7 Å². The number of imide groups is 1.